The molecule has 0 fully saturated rings. The Labute approximate surface area is 75.8 Å². The summed E-state index contributed by atoms with van der Waals surface area (Å²) in [6.07, 6.45) is 1.58. The first-order valence-electron chi connectivity index (χ1n) is 3.25. The van der Waals surface area contributed by atoms with Gasteiger partial charge in [0, 0.05) is 19.7 Å². The van der Waals surface area contributed by atoms with Crippen molar-refractivity contribution in [2.75, 3.05) is 13.7 Å². The van der Waals surface area contributed by atoms with Crippen molar-refractivity contribution in [2.45, 2.75) is 6.42 Å². The summed E-state index contributed by atoms with van der Waals surface area (Å²) in [5, 5.41) is 0. The number of ether oxygens (including phenoxy) is 1. The van der Waals surface area contributed by atoms with Gasteiger partial charge in [-0.2, -0.15) is 0 Å². The Bertz CT molecular complexity index is 331. The Balaban J connectivity index is 2.74. The molecule has 0 atom stereocenters. The highest BCUT2D eigenvalue weighted by Crippen LogP contribution is 2.21. The molecule has 0 aromatic heterocycles. The first-order chi connectivity index (χ1) is 5.59. The first-order valence-corrected chi connectivity index (χ1v) is 5.11. The number of methoxy groups -OCH3 is 1. The lowest BCUT2D eigenvalue weighted by Gasteiger charge is -1.99. The molecule has 4 nitrogen and oxygen atoms in total. The lowest BCUT2D eigenvalue weighted by atomic mass is 10.4. The standard InChI is InChI=1S/C6H8ClNO3S/c1-11-3-2-5-4-8-6(7)12(5,9)10/h4H,2-3H2,1H3. The average Bonchev–Trinajstić information content (AvgIpc) is 2.25. The Morgan fingerprint density at radius 1 is 1.67 bits per heavy atom. The fourth-order valence-corrected chi connectivity index (χ4v) is 2.07. The summed E-state index contributed by atoms with van der Waals surface area (Å²) in [5.41, 5.74) is 0. The highest BCUT2D eigenvalue weighted by Gasteiger charge is 2.27. The molecule has 12 heavy (non-hydrogen) atoms. The normalized spacial score (nSPS) is 20.5. The fraction of sp³-hybridized carbons (Fsp3) is 0.500. The molecule has 0 unspecified atom stereocenters. The van der Waals surface area contributed by atoms with E-state index in [-0.39, 0.29) is 9.41 Å². The number of aliphatic imine (C=N–C) groups is 1. The maximum Gasteiger partial charge on any atom is 0.232 e. The van der Waals surface area contributed by atoms with Gasteiger partial charge in [0.25, 0.3) is 0 Å². The van der Waals surface area contributed by atoms with Gasteiger partial charge in [0.15, 0.2) is 0 Å². The minimum atomic E-state index is -3.44. The monoisotopic (exact) mass is 209 g/mol. The largest absolute Gasteiger partial charge is 0.384 e. The number of hydrogen-bond donors (Lipinski definition) is 0. The molecule has 0 aromatic rings. The summed E-state index contributed by atoms with van der Waals surface area (Å²) >= 11 is 5.35. The first kappa shape index (κ1) is 9.70. The minimum Gasteiger partial charge on any atom is -0.384 e. The van der Waals surface area contributed by atoms with Crippen LogP contribution in [0.2, 0.25) is 0 Å². The molecule has 0 radical (unpaired) electrons. The predicted molar refractivity (Wildman–Crippen MR) is 46.8 cm³/mol. The number of hydrogen-bond acceptors (Lipinski definition) is 4. The summed E-state index contributed by atoms with van der Waals surface area (Å²) in [7, 11) is -1.94. The van der Waals surface area contributed by atoms with Crippen molar-refractivity contribution in [3.63, 3.8) is 0 Å². The Morgan fingerprint density at radius 3 is 2.75 bits per heavy atom. The minimum absolute atomic E-state index is 0.217. The highest BCUT2D eigenvalue weighted by atomic mass is 35.5. The molecule has 1 rings (SSSR count). The van der Waals surface area contributed by atoms with E-state index in [1.165, 1.54) is 13.3 Å². The lowest BCUT2D eigenvalue weighted by Crippen LogP contribution is -2.08. The van der Waals surface area contributed by atoms with Crippen LogP contribution in [-0.4, -0.2) is 26.6 Å². The lowest BCUT2D eigenvalue weighted by molar-refractivity contribution is 0.203. The number of rotatable bonds is 3. The van der Waals surface area contributed by atoms with Crippen LogP contribution in [0, 0.1) is 0 Å². The molecule has 1 heterocycles. The van der Waals surface area contributed by atoms with Gasteiger partial charge in [-0.1, -0.05) is 0 Å². The zero-order valence-electron chi connectivity index (χ0n) is 6.45. The van der Waals surface area contributed by atoms with Crippen LogP contribution < -0.4 is 0 Å². The Hall–Kier alpha value is -0.390. The summed E-state index contributed by atoms with van der Waals surface area (Å²) < 4.78 is 26.8. The van der Waals surface area contributed by atoms with Gasteiger partial charge >= 0.3 is 0 Å². The van der Waals surface area contributed by atoms with Crippen LogP contribution in [0.4, 0.5) is 0 Å². The molecule has 0 amide bonds. The second-order valence-electron chi connectivity index (χ2n) is 2.22. The third-order valence-corrected chi connectivity index (χ3v) is 3.69. The molecule has 0 saturated heterocycles. The van der Waals surface area contributed by atoms with Gasteiger partial charge < -0.3 is 4.74 Å². The molecule has 1 aliphatic heterocycles. The molecule has 0 N–H and O–H groups in total. The van der Waals surface area contributed by atoms with E-state index in [2.05, 4.69) is 4.99 Å². The third-order valence-electron chi connectivity index (χ3n) is 1.43. The summed E-state index contributed by atoms with van der Waals surface area (Å²) in [4.78, 5) is 3.72. The molecule has 6 heteroatoms. The Kier molecular flexibility index (Phi) is 2.87. The van der Waals surface area contributed by atoms with Crippen molar-refractivity contribution in [1.82, 2.24) is 0 Å². The van der Waals surface area contributed by atoms with Crippen molar-refractivity contribution < 1.29 is 13.2 Å². The van der Waals surface area contributed by atoms with E-state index >= 15 is 0 Å². The zero-order chi connectivity index (χ0) is 9.19. The van der Waals surface area contributed by atoms with Gasteiger partial charge in [0.2, 0.25) is 14.3 Å². The van der Waals surface area contributed by atoms with Crippen LogP contribution in [0.15, 0.2) is 16.1 Å². The summed E-state index contributed by atoms with van der Waals surface area (Å²) in [5.74, 6) is 0. The molecule has 0 saturated carbocycles. The summed E-state index contributed by atoms with van der Waals surface area (Å²) in [6, 6.07) is 0. The molecular formula is C6H8ClNO3S. The van der Waals surface area contributed by atoms with Gasteiger partial charge in [-0.05, 0) is 11.6 Å². The van der Waals surface area contributed by atoms with Crippen LogP contribution in [0.1, 0.15) is 6.42 Å². The SMILES string of the molecule is COCCC1=CN=C(Cl)S1(=O)=O. The van der Waals surface area contributed by atoms with E-state index in [0.29, 0.717) is 13.0 Å². The van der Waals surface area contributed by atoms with E-state index in [1.54, 1.807) is 0 Å². The van der Waals surface area contributed by atoms with Crippen LogP contribution in [0.3, 0.4) is 0 Å². The molecule has 68 valence electrons. The number of nitrogens with zero attached hydrogens (tertiary/aromatic N) is 1. The van der Waals surface area contributed by atoms with Crippen molar-refractivity contribution in [2.24, 2.45) is 4.99 Å². The number of sulfone groups is 1. The van der Waals surface area contributed by atoms with Gasteiger partial charge in [0.05, 0.1) is 11.5 Å². The van der Waals surface area contributed by atoms with E-state index in [4.69, 9.17) is 16.3 Å². The Morgan fingerprint density at radius 2 is 2.33 bits per heavy atom. The van der Waals surface area contributed by atoms with Crippen LogP contribution in [-0.2, 0) is 14.6 Å². The maximum absolute atomic E-state index is 11.2. The average molecular weight is 210 g/mol. The van der Waals surface area contributed by atoms with Gasteiger partial charge in [0.1, 0.15) is 0 Å². The molecular weight excluding hydrogens is 202 g/mol. The van der Waals surface area contributed by atoms with Crippen molar-refractivity contribution in [1.29, 1.82) is 0 Å². The second-order valence-corrected chi connectivity index (χ2v) is 4.72. The smallest absolute Gasteiger partial charge is 0.232 e. The summed E-state index contributed by atoms with van der Waals surface area (Å²) in [6.45, 7) is 0.352. The maximum atomic E-state index is 11.2. The van der Waals surface area contributed by atoms with Crippen molar-refractivity contribution in [3.8, 4) is 0 Å². The van der Waals surface area contributed by atoms with Gasteiger partial charge in [-0.15, -0.1) is 0 Å². The quantitative estimate of drug-likeness (QED) is 0.694. The molecule has 0 aromatic carbocycles. The van der Waals surface area contributed by atoms with E-state index < -0.39 is 9.84 Å². The third kappa shape index (κ3) is 1.68. The molecule has 0 spiro atoms. The van der Waals surface area contributed by atoms with E-state index in [1.807, 2.05) is 0 Å². The van der Waals surface area contributed by atoms with Crippen LogP contribution in [0.5, 0.6) is 0 Å². The van der Waals surface area contributed by atoms with Crippen LogP contribution >= 0.6 is 11.6 Å². The number of halogens is 1. The predicted octanol–water partition coefficient (Wildman–Crippen LogP) is 0.888. The van der Waals surface area contributed by atoms with Crippen molar-refractivity contribution >= 4 is 25.9 Å². The van der Waals surface area contributed by atoms with Crippen LogP contribution in [0.25, 0.3) is 0 Å². The van der Waals surface area contributed by atoms with Crippen molar-refractivity contribution in [3.05, 3.63) is 11.1 Å². The molecule has 1 aliphatic rings. The highest BCUT2D eigenvalue weighted by molar-refractivity contribution is 8.12. The zero-order valence-corrected chi connectivity index (χ0v) is 8.02. The van der Waals surface area contributed by atoms with E-state index in [9.17, 15) is 8.42 Å². The topological polar surface area (TPSA) is 55.7 Å². The second kappa shape index (κ2) is 3.55. The van der Waals surface area contributed by atoms with E-state index in [0.717, 1.165) is 0 Å². The fourth-order valence-electron chi connectivity index (χ4n) is 0.771. The molecule has 0 bridgehead atoms. The molecule has 0 aliphatic carbocycles. The van der Waals surface area contributed by atoms with Gasteiger partial charge in [-0.3, -0.25) is 0 Å². The van der Waals surface area contributed by atoms with Gasteiger partial charge in [-0.25, -0.2) is 13.4 Å².